The first-order valence-electron chi connectivity index (χ1n) is 8.26. The van der Waals surface area contributed by atoms with Crippen LogP contribution >= 0.6 is 0 Å². The Morgan fingerprint density at radius 2 is 1.70 bits per heavy atom. The van der Waals surface area contributed by atoms with Gasteiger partial charge in [0.2, 0.25) is 5.88 Å². The molecule has 3 heterocycles. The van der Waals surface area contributed by atoms with E-state index in [4.69, 9.17) is 4.74 Å². The summed E-state index contributed by atoms with van der Waals surface area (Å²) in [5.41, 5.74) is 0.786. The molecule has 2 bridgehead atoms. The molecule has 2 saturated heterocycles. The molecular formula is C19H20N2O2. The molecule has 2 aliphatic heterocycles. The molecule has 4 rings (SSSR count). The number of amides is 1. The molecule has 1 amide bonds. The Morgan fingerprint density at radius 1 is 1.00 bits per heavy atom. The van der Waals surface area contributed by atoms with Gasteiger partial charge in [0.1, 0.15) is 6.10 Å². The van der Waals surface area contributed by atoms with Crippen molar-refractivity contribution in [1.82, 2.24) is 9.88 Å². The van der Waals surface area contributed by atoms with Gasteiger partial charge in [0.25, 0.3) is 5.91 Å². The number of hydrogen-bond donors (Lipinski definition) is 0. The third-order valence-corrected chi connectivity index (χ3v) is 4.87. The predicted molar refractivity (Wildman–Crippen MR) is 87.3 cm³/mol. The van der Waals surface area contributed by atoms with E-state index in [-0.39, 0.29) is 24.1 Å². The van der Waals surface area contributed by atoms with Crippen LogP contribution in [0.3, 0.4) is 0 Å². The third-order valence-electron chi connectivity index (χ3n) is 4.87. The molecule has 2 aliphatic rings. The molecule has 4 nitrogen and oxygen atoms in total. The zero-order chi connectivity index (χ0) is 15.6. The lowest BCUT2D eigenvalue weighted by molar-refractivity contribution is 0.0348. The molecule has 0 N–H and O–H groups in total. The highest BCUT2D eigenvalue weighted by Gasteiger charge is 2.44. The lowest BCUT2D eigenvalue weighted by Gasteiger charge is -2.38. The fraction of sp³-hybridized carbons (Fsp3) is 0.368. The second kappa shape index (κ2) is 6.03. The molecule has 118 valence electrons. The van der Waals surface area contributed by atoms with Crippen LogP contribution in [-0.4, -0.2) is 34.0 Å². The van der Waals surface area contributed by atoms with Crippen molar-refractivity contribution >= 4 is 5.91 Å². The summed E-state index contributed by atoms with van der Waals surface area (Å²) >= 11 is 0. The van der Waals surface area contributed by atoms with E-state index in [1.807, 2.05) is 48.5 Å². The number of ether oxygens (including phenoxy) is 1. The lowest BCUT2D eigenvalue weighted by Crippen LogP contribution is -2.49. The van der Waals surface area contributed by atoms with Crippen molar-refractivity contribution < 1.29 is 9.53 Å². The normalized spacial score (nSPS) is 26.1. The first-order valence-corrected chi connectivity index (χ1v) is 8.26. The van der Waals surface area contributed by atoms with Gasteiger partial charge < -0.3 is 9.64 Å². The molecule has 23 heavy (non-hydrogen) atoms. The summed E-state index contributed by atoms with van der Waals surface area (Å²) in [6.45, 7) is 0. The molecule has 2 fully saturated rings. The number of aromatic nitrogens is 1. The zero-order valence-electron chi connectivity index (χ0n) is 13.0. The summed E-state index contributed by atoms with van der Waals surface area (Å²) in [5.74, 6) is 0.842. The smallest absolute Gasteiger partial charge is 0.254 e. The minimum absolute atomic E-state index is 0.155. The second-order valence-corrected chi connectivity index (χ2v) is 6.34. The fourth-order valence-corrected chi connectivity index (χ4v) is 3.87. The molecule has 4 heteroatoms. The maximum atomic E-state index is 12.8. The first kappa shape index (κ1) is 14.2. The zero-order valence-corrected chi connectivity index (χ0v) is 13.0. The molecule has 0 aliphatic carbocycles. The number of nitrogens with zero attached hydrogens (tertiary/aromatic N) is 2. The number of rotatable bonds is 3. The van der Waals surface area contributed by atoms with Crippen molar-refractivity contribution in [3.05, 3.63) is 60.3 Å². The maximum absolute atomic E-state index is 12.8. The number of carbonyl (C=O) groups excluding carboxylic acids is 1. The lowest BCUT2D eigenvalue weighted by atomic mass is 9.98. The average Bonchev–Trinajstić information content (AvgIpc) is 2.87. The van der Waals surface area contributed by atoms with Gasteiger partial charge in [-0.25, -0.2) is 4.98 Å². The number of carbonyl (C=O) groups is 1. The Balaban J connectivity index is 1.47. The summed E-state index contributed by atoms with van der Waals surface area (Å²) in [4.78, 5) is 19.1. The average molecular weight is 308 g/mol. The topological polar surface area (TPSA) is 42.4 Å². The van der Waals surface area contributed by atoms with E-state index in [2.05, 4.69) is 9.88 Å². The van der Waals surface area contributed by atoms with Gasteiger partial charge in [-0.3, -0.25) is 4.79 Å². The van der Waals surface area contributed by atoms with Crippen LogP contribution in [-0.2, 0) is 0 Å². The molecule has 1 aromatic carbocycles. The van der Waals surface area contributed by atoms with Crippen molar-refractivity contribution in [2.75, 3.05) is 0 Å². The molecule has 0 spiro atoms. The van der Waals surface area contributed by atoms with Gasteiger partial charge in [-0.05, 0) is 31.0 Å². The number of hydrogen-bond acceptors (Lipinski definition) is 3. The van der Waals surface area contributed by atoms with E-state index >= 15 is 0 Å². The van der Waals surface area contributed by atoms with E-state index in [1.165, 1.54) is 0 Å². The van der Waals surface area contributed by atoms with Gasteiger partial charge in [0.15, 0.2) is 0 Å². The molecule has 2 unspecified atom stereocenters. The van der Waals surface area contributed by atoms with Crippen molar-refractivity contribution in [1.29, 1.82) is 0 Å². The molecule has 1 aromatic heterocycles. The number of fused-ring (bicyclic) bond motifs is 2. The fourth-order valence-electron chi connectivity index (χ4n) is 3.87. The monoisotopic (exact) mass is 308 g/mol. The summed E-state index contributed by atoms with van der Waals surface area (Å²) in [7, 11) is 0. The molecule has 0 radical (unpaired) electrons. The van der Waals surface area contributed by atoms with Gasteiger partial charge >= 0.3 is 0 Å². The van der Waals surface area contributed by atoms with Gasteiger partial charge in [-0.2, -0.15) is 0 Å². The minimum Gasteiger partial charge on any atom is -0.474 e. The Bertz CT molecular complexity index is 660. The van der Waals surface area contributed by atoms with E-state index in [0.717, 1.165) is 31.2 Å². The highest BCUT2D eigenvalue weighted by Crippen LogP contribution is 2.38. The SMILES string of the molecule is O=C(c1ccccc1)N1C2CCC1CC(Oc1ccccn1)C2. The summed E-state index contributed by atoms with van der Waals surface area (Å²) in [6.07, 6.45) is 5.84. The van der Waals surface area contributed by atoms with E-state index in [0.29, 0.717) is 5.88 Å². The van der Waals surface area contributed by atoms with Crippen molar-refractivity contribution in [3.8, 4) is 5.88 Å². The van der Waals surface area contributed by atoms with Crippen LogP contribution in [0.4, 0.5) is 0 Å². The highest BCUT2D eigenvalue weighted by molar-refractivity contribution is 5.94. The number of benzene rings is 1. The third kappa shape index (κ3) is 2.81. The standard InChI is InChI=1S/C19H20N2O2/c22-19(14-6-2-1-3-7-14)21-15-9-10-16(21)13-17(12-15)23-18-8-4-5-11-20-18/h1-8,11,15-17H,9-10,12-13H2. The van der Waals surface area contributed by atoms with Crippen LogP contribution in [0.2, 0.25) is 0 Å². The second-order valence-electron chi connectivity index (χ2n) is 6.34. The van der Waals surface area contributed by atoms with Crippen molar-refractivity contribution in [2.45, 2.75) is 43.9 Å². The number of pyridine rings is 1. The number of piperidine rings is 1. The first-order chi connectivity index (χ1) is 11.3. The summed E-state index contributed by atoms with van der Waals surface area (Å²) in [5, 5.41) is 0. The van der Waals surface area contributed by atoms with Crippen LogP contribution in [0.15, 0.2) is 54.7 Å². The van der Waals surface area contributed by atoms with E-state index in [1.54, 1.807) is 6.20 Å². The van der Waals surface area contributed by atoms with Crippen LogP contribution in [0.25, 0.3) is 0 Å². The van der Waals surface area contributed by atoms with Gasteiger partial charge in [0.05, 0.1) is 0 Å². The molecular weight excluding hydrogens is 288 g/mol. The van der Waals surface area contributed by atoms with Gasteiger partial charge in [0, 0.05) is 42.8 Å². The van der Waals surface area contributed by atoms with Gasteiger partial charge in [-0.1, -0.05) is 24.3 Å². The Kier molecular flexibility index (Phi) is 3.74. The Labute approximate surface area is 136 Å². The van der Waals surface area contributed by atoms with Gasteiger partial charge in [-0.15, -0.1) is 0 Å². The molecule has 0 saturated carbocycles. The van der Waals surface area contributed by atoms with Crippen molar-refractivity contribution in [3.63, 3.8) is 0 Å². The van der Waals surface area contributed by atoms with Crippen LogP contribution in [0.5, 0.6) is 5.88 Å². The van der Waals surface area contributed by atoms with Crippen LogP contribution < -0.4 is 4.74 Å². The minimum atomic E-state index is 0.155. The Hall–Kier alpha value is -2.36. The maximum Gasteiger partial charge on any atom is 0.254 e. The van der Waals surface area contributed by atoms with E-state index < -0.39 is 0 Å². The molecule has 2 aromatic rings. The predicted octanol–water partition coefficient (Wildman–Crippen LogP) is 3.30. The molecule has 2 atom stereocenters. The van der Waals surface area contributed by atoms with Crippen LogP contribution in [0, 0.1) is 0 Å². The summed E-state index contributed by atoms with van der Waals surface area (Å²) in [6, 6.07) is 15.9. The quantitative estimate of drug-likeness (QED) is 0.874. The largest absolute Gasteiger partial charge is 0.474 e. The Morgan fingerprint density at radius 3 is 2.35 bits per heavy atom. The van der Waals surface area contributed by atoms with Crippen molar-refractivity contribution in [2.24, 2.45) is 0 Å². The highest BCUT2D eigenvalue weighted by atomic mass is 16.5. The van der Waals surface area contributed by atoms with E-state index in [9.17, 15) is 4.79 Å². The summed E-state index contributed by atoms with van der Waals surface area (Å²) < 4.78 is 6.02. The van der Waals surface area contributed by atoms with Crippen LogP contribution in [0.1, 0.15) is 36.0 Å².